The highest BCUT2D eigenvalue weighted by atomic mass is 35.5. The van der Waals surface area contributed by atoms with Crippen LogP contribution in [-0.4, -0.2) is 42.5 Å². The molecule has 2 aromatic carbocycles. The van der Waals surface area contributed by atoms with Gasteiger partial charge in [-0.3, -0.25) is 4.90 Å². The molecule has 1 aliphatic carbocycles. The minimum Gasteiger partial charge on any atom is -0.301 e. The lowest BCUT2D eigenvalue weighted by atomic mass is 9.96. The van der Waals surface area contributed by atoms with Gasteiger partial charge in [0, 0.05) is 32.7 Å². The van der Waals surface area contributed by atoms with E-state index in [-0.39, 0.29) is 24.8 Å². The first-order valence-electron chi connectivity index (χ1n) is 8.96. The summed E-state index contributed by atoms with van der Waals surface area (Å²) in [5, 5.41) is 0. The minimum atomic E-state index is 0. The number of piperazine rings is 1. The lowest BCUT2D eigenvalue weighted by Gasteiger charge is -2.40. The van der Waals surface area contributed by atoms with Crippen molar-refractivity contribution in [3.8, 4) is 0 Å². The average molecular weight is 379 g/mol. The van der Waals surface area contributed by atoms with E-state index in [1.54, 1.807) is 0 Å². The molecule has 2 nitrogen and oxygen atoms in total. The highest BCUT2D eigenvalue weighted by Gasteiger charge is 2.29. The first kappa shape index (κ1) is 20.3. The lowest BCUT2D eigenvalue weighted by Crippen LogP contribution is -2.48. The van der Waals surface area contributed by atoms with Crippen LogP contribution in [0.1, 0.15) is 30.0 Å². The molecule has 0 radical (unpaired) electrons. The van der Waals surface area contributed by atoms with Gasteiger partial charge in [0.25, 0.3) is 0 Å². The molecule has 2 aliphatic rings. The van der Waals surface area contributed by atoms with Crippen molar-refractivity contribution >= 4 is 24.8 Å². The van der Waals surface area contributed by atoms with Gasteiger partial charge in [0.2, 0.25) is 0 Å². The van der Waals surface area contributed by atoms with E-state index in [0.717, 1.165) is 5.92 Å². The predicted octanol–water partition coefficient (Wildman–Crippen LogP) is 4.65. The van der Waals surface area contributed by atoms with Crippen LogP contribution < -0.4 is 0 Å². The van der Waals surface area contributed by atoms with E-state index in [1.165, 1.54) is 56.7 Å². The summed E-state index contributed by atoms with van der Waals surface area (Å²) in [6.45, 7) is 6.09. The Morgan fingerprint density at radius 2 is 1.20 bits per heavy atom. The van der Waals surface area contributed by atoms with Crippen LogP contribution >= 0.6 is 24.8 Å². The van der Waals surface area contributed by atoms with E-state index in [9.17, 15) is 0 Å². The Hall–Kier alpha value is -1.06. The molecule has 1 saturated carbocycles. The Kier molecular flexibility index (Phi) is 7.77. The molecule has 2 aromatic rings. The van der Waals surface area contributed by atoms with Crippen molar-refractivity contribution in [2.45, 2.75) is 18.9 Å². The lowest BCUT2D eigenvalue weighted by molar-refractivity contribution is 0.106. The highest BCUT2D eigenvalue weighted by molar-refractivity contribution is 5.85. The van der Waals surface area contributed by atoms with Crippen molar-refractivity contribution in [2.75, 3.05) is 32.7 Å². The second kappa shape index (κ2) is 9.59. The van der Waals surface area contributed by atoms with E-state index < -0.39 is 0 Å². The van der Waals surface area contributed by atoms with E-state index in [1.807, 2.05) is 0 Å². The van der Waals surface area contributed by atoms with Gasteiger partial charge in [0.05, 0.1) is 6.04 Å². The van der Waals surface area contributed by atoms with Crippen LogP contribution in [0.5, 0.6) is 0 Å². The van der Waals surface area contributed by atoms with Gasteiger partial charge in [-0.2, -0.15) is 0 Å². The zero-order chi connectivity index (χ0) is 15.5. The summed E-state index contributed by atoms with van der Waals surface area (Å²) in [6.07, 6.45) is 2.91. The van der Waals surface area contributed by atoms with Gasteiger partial charge in [-0.05, 0) is 29.9 Å². The summed E-state index contributed by atoms with van der Waals surface area (Å²) in [7, 11) is 0. The van der Waals surface area contributed by atoms with Crippen LogP contribution in [0.25, 0.3) is 0 Å². The molecule has 4 heteroatoms. The molecule has 1 saturated heterocycles. The standard InChI is InChI=1S/C21H26N2.2ClH/c1-3-7-19(8-4-1)21(20-9-5-2-6-10-20)23-15-13-22(14-16-23)17-18-11-12-18;;/h1-10,18,21H,11-17H2;2*1H. The molecular formula is C21H28Cl2N2. The Labute approximate surface area is 164 Å². The molecule has 0 spiro atoms. The van der Waals surface area contributed by atoms with Crippen molar-refractivity contribution in [3.05, 3.63) is 71.8 Å². The molecule has 25 heavy (non-hydrogen) atoms. The molecule has 4 rings (SSSR count). The number of hydrogen-bond acceptors (Lipinski definition) is 2. The average Bonchev–Trinajstić information content (AvgIpc) is 3.43. The molecule has 0 unspecified atom stereocenters. The predicted molar refractivity (Wildman–Crippen MR) is 110 cm³/mol. The Balaban J connectivity index is 0.00000113. The van der Waals surface area contributed by atoms with Crippen molar-refractivity contribution in [3.63, 3.8) is 0 Å². The zero-order valence-electron chi connectivity index (χ0n) is 14.6. The summed E-state index contributed by atoms with van der Waals surface area (Å²) in [4.78, 5) is 5.33. The van der Waals surface area contributed by atoms with E-state index in [2.05, 4.69) is 70.5 Å². The fourth-order valence-corrected chi connectivity index (χ4v) is 3.75. The fraction of sp³-hybridized carbons (Fsp3) is 0.429. The second-order valence-electron chi connectivity index (χ2n) is 7.00. The highest BCUT2D eigenvalue weighted by Crippen LogP contribution is 2.32. The van der Waals surface area contributed by atoms with Gasteiger partial charge in [-0.15, -0.1) is 24.8 Å². The molecule has 0 amide bonds. The van der Waals surface area contributed by atoms with E-state index in [4.69, 9.17) is 0 Å². The van der Waals surface area contributed by atoms with Crippen LogP contribution in [-0.2, 0) is 0 Å². The molecule has 2 fully saturated rings. The largest absolute Gasteiger partial charge is 0.301 e. The summed E-state index contributed by atoms with van der Waals surface area (Å²) in [5.41, 5.74) is 2.82. The zero-order valence-corrected chi connectivity index (χ0v) is 16.2. The molecular weight excluding hydrogens is 351 g/mol. The van der Waals surface area contributed by atoms with Crippen molar-refractivity contribution in [1.29, 1.82) is 0 Å². The summed E-state index contributed by atoms with van der Waals surface area (Å²) in [5.74, 6) is 1.00. The smallest absolute Gasteiger partial charge is 0.0602 e. The fourth-order valence-electron chi connectivity index (χ4n) is 3.75. The molecule has 0 bridgehead atoms. The Morgan fingerprint density at radius 3 is 1.64 bits per heavy atom. The summed E-state index contributed by atoms with van der Waals surface area (Å²) >= 11 is 0. The first-order chi connectivity index (χ1) is 11.4. The summed E-state index contributed by atoms with van der Waals surface area (Å²) < 4.78 is 0. The van der Waals surface area contributed by atoms with E-state index >= 15 is 0 Å². The number of hydrogen-bond donors (Lipinski definition) is 0. The van der Waals surface area contributed by atoms with Gasteiger partial charge < -0.3 is 4.90 Å². The van der Waals surface area contributed by atoms with Crippen molar-refractivity contribution in [2.24, 2.45) is 5.92 Å². The SMILES string of the molecule is Cl.Cl.c1ccc(C(c2ccccc2)N2CCN(CC3CC3)CC2)cc1. The Morgan fingerprint density at radius 1 is 0.720 bits per heavy atom. The van der Waals surface area contributed by atoms with Crippen LogP contribution in [0.4, 0.5) is 0 Å². The quantitative estimate of drug-likeness (QED) is 0.746. The molecule has 136 valence electrons. The maximum absolute atomic E-state index is 2.67. The molecule has 0 atom stereocenters. The van der Waals surface area contributed by atoms with Crippen LogP contribution in [0.2, 0.25) is 0 Å². The summed E-state index contributed by atoms with van der Waals surface area (Å²) in [6, 6.07) is 22.3. The van der Waals surface area contributed by atoms with Gasteiger partial charge >= 0.3 is 0 Å². The van der Waals surface area contributed by atoms with Gasteiger partial charge in [-0.25, -0.2) is 0 Å². The molecule has 1 aliphatic heterocycles. The number of halogens is 2. The topological polar surface area (TPSA) is 6.48 Å². The number of rotatable bonds is 5. The normalized spacial score (nSPS) is 18.4. The minimum absolute atomic E-state index is 0. The maximum atomic E-state index is 2.67. The number of nitrogens with zero attached hydrogens (tertiary/aromatic N) is 2. The third-order valence-electron chi connectivity index (χ3n) is 5.22. The van der Waals surface area contributed by atoms with Gasteiger partial charge in [0.15, 0.2) is 0 Å². The third-order valence-corrected chi connectivity index (χ3v) is 5.22. The van der Waals surface area contributed by atoms with Crippen LogP contribution in [0.15, 0.2) is 60.7 Å². The maximum Gasteiger partial charge on any atom is 0.0602 e. The van der Waals surface area contributed by atoms with Crippen molar-refractivity contribution < 1.29 is 0 Å². The third kappa shape index (κ3) is 5.21. The van der Waals surface area contributed by atoms with E-state index in [0.29, 0.717) is 6.04 Å². The molecule has 1 heterocycles. The van der Waals surface area contributed by atoms with Crippen molar-refractivity contribution in [1.82, 2.24) is 9.80 Å². The molecule has 0 N–H and O–H groups in total. The van der Waals surface area contributed by atoms with Crippen LogP contribution in [0, 0.1) is 5.92 Å². The monoisotopic (exact) mass is 378 g/mol. The second-order valence-corrected chi connectivity index (χ2v) is 7.00. The molecule has 0 aromatic heterocycles. The van der Waals surface area contributed by atoms with Gasteiger partial charge in [-0.1, -0.05) is 60.7 Å². The first-order valence-corrected chi connectivity index (χ1v) is 8.96. The number of benzene rings is 2. The van der Waals surface area contributed by atoms with Crippen LogP contribution in [0.3, 0.4) is 0 Å². The Bertz CT molecular complexity index is 569. The van der Waals surface area contributed by atoms with Gasteiger partial charge in [0.1, 0.15) is 0 Å².